The Balaban J connectivity index is 1.99. The molecule has 0 N–H and O–H groups in total. The Morgan fingerprint density at radius 3 is 2.55 bits per heavy atom. The smallest absolute Gasteiger partial charge is 0.332 e. The van der Waals surface area contributed by atoms with Crippen LogP contribution in [0.2, 0.25) is 0 Å². The van der Waals surface area contributed by atoms with Gasteiger partial charge in [-0.05, 0) is 43.4 Å². The molecular formula is C15H22N2O3. The van der Waals surface area contributed by atoms with Crippen molar-refractivity contribution in [2.75, 3.05) is 0 Å². The van der Waals surface area contributed by atoms with Crippen molar-refractivity contribution in [2.24, 2.45) is 17.8 Å². The molecule has 0 aliphatic heterocycles. The number of hydrogen-bond donors (Lipinski definition) is 0. The van der Waals surface area contributed by atoms with Crippen molar-refractivity contribution in [3.8, 4) is 0 Å². The zero-order valence-corrected chi connectivity index (χ0v) is 12.1. The van der Waals surface area contributed by atoms with Gasteiger partial charge in [0, 0.05) is 18.8 Å². The molecule has 0 saturated heterocycles. The molecule has 0 radical (unpaired) electrons. The average molecular weight is 278 g/mol. The van der Waals surface area contributed by atoms with Gasteiger partial charge < -0.3 is 4.57 Å². The molecule has 0 amide bonds. The average Bonchev–Trinajstić information content (AvgIpc) is 2.36. The van der Waals surface area contributed by atoms with Crippen molar-refractivity contribution < 1.29 is 4.92 Å². The number of hydrogen-bond acceptors (Lipinski definition) is 3. The van der Waals surface area contributed by atoms with Gasteiger partial charge in [-0.2, -0.15) is 0 Å². The summed E-state index contributed by atoms with van der Waals surface area (Å²) in [5, 5.41) is 10.8. The van der Waals surface area contributed by atoms with Crippen LogP contribution in [0.25, 0.3) is 0 Å². The fourth-order valence-corrected chi connectivity index (χ4v) is 3.47. The Bertz CT molecular complexity index is 528. The summed E-state index contributed by atoms with van der Waals surface area (Å²) in [6.07, 6.45) is 7.82. The fourth-order valence-electron chi connectivity index (χ4n) is 3.47. The van der Waals surface area contributed by atoms with Crippen LogP contribution in [0.5, 0.6) is 0 Å². The van der Waals surface area contributed by atoms with Gasteiger partial charge in [0.2, 0.25) is 0 Å². The molecule has 1 heterocycles. The lowest BCUT2D eigenvalue weighted by Gasteiger charge is -2.31. The van der Waals surface area contributed by atoms with Crippen LogP contribution in [-0.2, 0) is 6.54 Å². The highest BCUT2D eigenvalue weighted by Crippen LogP contribution is 2.34. The zero-order valence-electron chi connectivity index (χ0n) is 12.1. The number of rotatable bonds is 4. The molecule has 20 heavy (non-hydrogen) atoms. The van der Waals surface area contributed by atoms with Gasteiger partial charge in [-0.1, -0.05) is 13.8 Å². The molecule has 1 aliphatic rings. The van der Waals surface area contributed by atoms with Crippen LogP contribution in [0.3, 0.4) is 0 Å². The summed E-state index contributed by atoms with van der Waals surface area (Å²) in [4.78, 5) is 21.5. The maximum atomic E-state index is 11.3. The van der Waals surface area contributed by atoms with Crippen molar-refractivity contribution in [1.82, 2.24) is 4.57 Å². The summed E-state index contributed by atoms with van der Waals surface area (Å²) in [5.74, 6) is 2.23. The van der Waals surface area contributed by atoms with E-state index < -0.39 is 10.4 Å². The van der Waals surface area contributed by atoms with Crippen LogP contribution in [0.4, 0.5) is 5.69 Å². The molecule has 1 aromatic rings. The van der Waals surface area contributed by atoms with Gasteiger partial charge in [-0.25, -0.2) is 0 Å². The minimum absolute atomic E-state index is 0.335. The van der Waals surface area contributed by atoms with Gasteiger partial charge >= 0.3 is 5.69 Å². The lowest BCUT2D eigenvalue weighted by molar-refractivity contribution is -0.386. The first kappa shape index (κ1) is 14.8. The van der Waals surface area contributed by atoms with Crippen molar-refractivity contribution in [3.63, 3.8) is 0 Å². The molecule has 0 spiro atoms. The minimum atomic E-state index is -0.608. The first-order valence-electron chi connectivity index (χ1n) is 7.30. The summed E-state index contributed by atoms with van der Waals surface area (Å²) < 4.78 is 1.77. The zero-order chi connectivity index (χ0) is 14.7. The first-order chi connectivity index (χ1) is 9.45. The molecule has 0 bridgehead atoms. The van der Waals surface area contributed by atoms with Gasteiger partial charge in [0.25, 0.3) is 5.43 Å². The summed E-state index contributed by atoms with van der Waals surface area (Å²) in [6.45, 7) is 5.34. The maximum Gasteiger partial charge on any atom is 0.332 e. The summed E-state index contributed by atoms with van der Waals surface area (Å²) in [6, 6.07) is 1.28. The monoisotopic (exact) mass is 278 g/mol. The van der Waals surface area contributed by atoms with Crippen LogP contribution in [0, 0.1) is 27.9 Å². The summed E-state index contributed by atoms with van der Waals surface area (Å²) in [7, 11) is 0. The molecule has 1 aromatic heterocycles. The number of pyridine rings is 1. The maximum absolute atomic E-state index is 11.3. The lowest BCUT2D eigenvalue weighted by Crippen LogP contribution is -2.21. The van der Waals surface area contributed by atoms with E-state index in [1.54, 1.807) is 10.8 Å². The Hall–Kier alpha value is -1.65. The van der Waals surface area contributed by atoms with Crippen molar-refractivity contribution in [1.29, 1.82) is 0 Å². The molecular weight excluding hydrogens is 256 g/mol. The van der Waals surface area contributed by atoms with E-state index in [1.165, 1.54) is 31.5 Å². The lowest BCUT2D eigenvalue weighted by atomic mass is 9.75. The fraction of sp³-hybridized carbons (Fsp3) is 0.667. The number of aromatic nitrogens is 1. The Morgan fingerprint density at radius 2 is 1.95 bits per heavy atom. The Kier molecular flexibility index (Phi) is 4.57. The molecule has 1 fully saturated rings. The second-order valence-electron chi connectivity index (χ2n) is 6.26. The van der Waals surface area contributed by atoms with E-state index in [-0.39, 0.29) is 5.69 Å². The highest BCUT2D eigenvalue weighted by atomic mass is 16.6. The first-order valence-corrected chi connectivity index (χ1v) is 7.30. The van der Waals surface area contributed by atoms with Crippen LogP contribution >= 0.6 is 0 Å². The second-order valence-corrected chi connectivity index (χ2v) is 6.26. The van der Waals surface area contributed by atoms with Crippen LogP contribution in [0.15, 0.2) is 23.3 Å². The van der Waals surface area contributed by atoms with E-state index in [2.05, 4.69) is 13.8 Å². The standard InChI is InChI=1S/C15H22N2O3/c1-11-7-12(2)9-13(8-11)3-5-16-6-4-15(18)14(10-16)17(19)20/h4,6,10-13H,3,5,7-9H2,1-2H3/t11-,12-/m1/s1. The second kappa shape index (κ2) is 6.20. The Labute approximate surface area is 118 Å². The predicted molar refractivity (Wildman–Crippen MR) is 77.6 cm³/mol. The normalized spacial score (nSPS) is 26.4. The van der Waals surface area contributed by atoms with Crippen LogP contribution < -0.4 is 5.43 Å². The third-order valence-corrected chi connectivity index (χ3v) is 4.23. The third kappa shape index (κ3) is 3.68. The molecule has 5 heteroatoms. The van der Waals surface area contributed by atoms with E-state index in [0.29, 0.717) is 5.92 Å². The summed E-state index contributed by atoms with van der Waals surface area (Å²) >= 11 is 0. The molecule has 5 nitrogen and oxygen atoms in total. The largest absolute Gasteiger partial charge is 0.348 e. The highest BCUT2D eigenvalue weighted by Gasteiger charge is 2.23. The molecule has 1 aliphatic carbocycles. The molecule has 0 aromatic carbocycles. The van der Waals surface area contributed by atoms with Gasteiger partial charge in [0.05, 0.1) is 11.1 Å². The molecule has 0 unspecified atom stereocenters. The quantitative estimate of drug-likeness (QED) is 0.627. The molecule has 2 atom stereocenters. The van der Waals surface area contributed by atoms with Gasteiger partial charge in [0.1, 0.15) is 0 Å². The predicted octanol–water partition coefficient (Wildman–Crippen LogP) is 3.22. The number of nitro groups is 1. The van der Waals surface area contributed by atoms with Crippen molar-refractivity contribution >= 4 is 5.69 Å². The topological polar surface area (TPSA) is 65.1 Å². The third-order valence-electron chi connectivity index (χ3n) is 4.23. The molecule has 1 saturated carbocycles. The van der Waals surface area contributed by atoms with Crippen LogP contribution in [-0.4, -0.2) is 9.49 Å². The van der Waals surface area contributed by atoms with E-state index >= 15 is 0 Å². The van der Waals surface area contributed by atoms with E-state index in [4.69, 9.17) is 0 Å². The van der Waals surface area contributed by atoms with E-state index in [1.807, 2.05) is 0 Å². The van der Waals surface area contributed by atoms with Crippen molar-refractivity contribution in [3.05, 3.63) is 38.8 Å². The number of nitrogens with zero attached hydrogens (tertiary/aromatic N) is 2. The van der Waals surface area contributed by atoms with E-state index in [0.717, 1.165) is 24.8 Å². The minimum Gasteiger partial charge on any atom is -0.348 e. The SMILES string of the molecule is C[C@H]1CC(CCn2ccc(=O)c([N+](=O)[O-])c2)C[C@H](C)C1. The van der Waals surface area contributed by atoms with Crippen molar-refractivity contribution in [2.45, 2.75) is 46.1 Å². The van der Waals surface area contributed by atoms with Crippen LogP contribution in [0.1, 0.15) is 39.5 Å². The van der Waals surface area contributed by atoms with Gasteiger partial charge in [0.15, 0.2) is 0 Å². The van der Waals surface area contributed by atoms with E-state index in [9.17, 15) is 14.9 Å². The molecule has 2 rings (SSSR count). The highest BCUT2D eigenvalue weighted by molar-refractivity contribution is 5.25. The summed E-state index contributed by atoms with van der Waals surface area (Å²) in [5.41, 5.74) is -0.857. The number of aryl methyl sites for hydroxylation is 1. The van der Waals surface area contributed by atoms with Gasteiger partial charge in [-0.15, -0.1) is 0 Å². The van der Waals surface area contributed by atoms with Gasteiger partial charge in [-0.3, -0.25) is 14.9 Å². The molecule has 110 valence electrons. The Morgan fingerprint density at radius 1 is 1.30 bits per heavy atom.